The average molecular weight is 445 g/mol. The van der Waals surface area contributed by atoms with Crippen LogP contribution in [-0.2, 0) is 11.2 Å². The Morgan fingerprint density at radius 2 is 1.87 bits per heavy atom. The van der Waals surface area contributed by atoms with Crippen molar-refractivity contribution in [2.75, 3.05) is 0 Å². The van der Waals surface area contributed by atoms with Crippen molar-refractivity contribution in [2.45, 2.75) is 20.3 Å². The van der Waals surface area contributed by atoms with Crippen molar-refractivity contribution in [1.82, 2.24) is 19.6 Å². The Morgan fingerprint density at radius 3 is 2.53 bits per heavy atom. The molecule has 0 aliphatic heterocycles. The second-order valence-corrected chi connectivity index (χ2v) is 7.28. The van der Waals surface area contributed by atoms with Crippen molar-refractivity contribution >= 4 is 34.8 Å². The number of carboxylic acids is 1. The predicted molar refractivity (Wildman–Crippen MR) is 116 cm³/mol. The third kappa shape index (κ3) is 4.69. The molecule has 30 heavy (non-hydrogen) atoms. The van der Waals surface area contributed by atoms with Crippen molar-refractivity contribution in [3.05, 3.63) is 86.0 Å². The first-order chi connectivity index (χ1) is 14.3. The topological polar surface area (TPSA) is 100 Å². The Balaban J connectivity index is 0.000000589. The molecule has 1 aromatic carbocycles. The standard InChI is InChI=1S/C19H14Cl2N4O.C2H4O2/c1-11-14(9-13-3-2-4-15(20)18(13)21)19-23-16(10-17(26)25(19)24-11)12-5-7-22-8-6-12;1-2(3)4/h2-8,10,23H,9H2,1H3;1H3,(H,3,4). The SMILES string of the molecule is CC(=O)O.Cc1nn2c(=O)cc(-c3ccncc3)[nH]c2c1Cc1cccc(Cl)c1Cl. The second-order valence-electron chi connectivity index (χ2n) is 6.49. The molecule has 0 bridgehead atoms. The number of pyridine rings is 1. The number of benzene rings is 1. The number of aromatic nitrogens is 4. The zero-order chi connectivity index (χ0) is 21.8. The molecular weight excluding hydrogens is 427 g/mol. The largest absolute Gasteiger partial charge is 0.481 e. The predicted octanol–water partition coefficient (Wildman–Crippen LogP) is 4.38. The fourth-order valence-electron chi connectivity index (χ4n) is 2.97. The fraction of sp³-hybridized carbons (Fsp3) is 0.143. The molecule has 0 radical (unpaired) electrons. The van der Waals surface area contributed by atoms with E-state index in [0.29, 0.717) is 27.8 Å². The van der Waals surface area contributed by atoms with Crippen LogP contribution in [0.2, 0.25) is 10.0 Å². The summed E-state index contributed by atoms with van der Waals surface area (Å²) in [5.74, 6) is -0.833. The first-order valence-electron chi connectivity index (χ1n) is 8.92. The number of H-pyrrole nitrogens is 1. The van der Waals surface area contributed by atoms with Gasteiger partial charge in [-0.25, -0.2) is 0 Å². The lowest BCUT2D eigenvalue weighted by atomic mass is 10.1. The van der Waals surface area contributed by atoms with E-state index in [0.717, 1.165) is 29.3 Å². The van der Waals surface area contributed by atoms with Crippen LogP contribution < -0.4 is 5.56 Å². The summed E-state index contributed by atoms with van der Waals surface area (Å²) >= 11 is 12.5. The Hall–Kier alpha value is -3.16. The highest BCUT2D eigenvalue weighted by molar-refractivity contribution is 6.42. The summed E-state index contributed by atoms with van der Waals surface area (Å²) in [6.45, 7) is 2.96. The molecule has 4 rings (SSSR count). The van der Waals surface area contributed by atoms with Crippen molar-refractivity contribution in [1.29, 1.82) is 0 Å². The Morgan fingerprint density at radius 1 is 1.20 bits per heavy atom. The number of carboxylic acid groups (broad SMARTS) is 1. The number of nitrogens with zero attached hydrogens (tertiary/aromatic N) is 3. The highest BCUT2D eigenvalue weighted by Crippen LogP contribution is 2.29. The van der Waals surface area contributed by atoms with E-state index in [1.165, 1.54) is 10.6 Å². The number of aromatic amines is 1. The van der Waals surface area contributed by atoms with Gasteiger partial charge in [0.2, 0.25) is 0 Å². The van der Waals surface area contributed by atoms with Crippen LogP contribution in [0.1, 0.15) is 23.7 Å². The molecule has 7 nitrogen and oxygen atoms in total. The minimum Gasteiger partial charge on any atom is -0.481 e. The molecular formula is C21H18Cl2N4O3. The van der Waals surface area contributed by atoms with E-state index >= 15 is 0 Å². The van der Waals surface area contributed by atoms with E-state index in [2.05, 4.69) is 15.1 Å². The van der Waals surface area contributed by atoms with Crippen LogP contribution in [0.4, 0.5) is 0 Å². The molecule has 0 aliphatic rings. The smallest absolute Gasteiger partial charge is 0.300 e. The maximum atomic E-state index is 12.5. The van der Waals surface area contributed by atoms with E-state index in [1.54, 1.807) is 18.5 Å². The number of carbonyl (C=O) groups is 1. The van der Waals surface area contributed by atoms with Gasteiger partial charge in [-0.2, -0.15) is 9.61 Å². The van der Waals surface area contributed by atoms with E-state index in [-0.39, 0.29) is 5.56 Å². The van der Waals surface area contributed by atoms with Gasteiger partial charge >= 0.3 is 0 Å². The minimum atomic E-state index is -0.833. The number of halogens is 2. The number of fused-ring (bicyclic) bond motifs is 1. The van der Waals surface area contributed by atoms with Crippen LogP contribution >= 0.6 is 23.2 Å². The third-order valence-corrected chi connectivity index (χ3v) is 5.16. The van der Waals surface area contributed by atoms with Gasteiger partial charge in [-0.1, -0.05) is 35.3 Å². The molecule has 0 saturated heterocycles. The summed E-state index contributed by atoms with van der Waals surface area (Å²) in [7, 11) is 0. The first kappa shape index (κ1) is 21.5. The molecule has 0 unspecified atom stereocenters. The summed E-state index contributed by atoms with van der Waals surface area (Å²) in [5.41, 5.74) is 4.60. The molecule has 4 aromatic rings. The van der Waals surface area contributed by atoms with Gasteiger partial charge in [-0.15, -0.1) is 0 Å². The number of aliphatic carboxylic acids is 1. The number of hydrogen-bond acceptors (Lipinski definition) is 4. The van der Waals surface area contributed by atoms with Crippen molar-refractivity contribution in [3.63, 3.8) is 0 Å². The quantitative estimate of drug-likeness (QED) is 0.488. The van der Waals surface area contributed by atoms with Crippen molar-refractivity contribution < 1.29 is 9.90 Å². The monoisotopic (exact) mass is 444 g/mol. The second kappa shape index (κ2) is 9.11. The van der Waals surface area contributed by atoms with Crippen molar-refractivity contribution in [2.24, 2.45) is 0 Å². The Bertz CT molecular complexity index is 1260. The molecule has 0 atom stereocenters. The summed E-state index contributed by atoms with van der Waals surface area (Å²) in [4.78, 5) is 28.9. The van der Waals surface area contributed by atoms with Gasteiger partial charge in [0, 0.05) is 42.9 Å². The summed E-state index contributed by atoms with van der Waals surface area (Å²) in [5, 5.41) is 12.8. The van der Waals surface area contributed by atoms with Gasteiger partial charge in [0.25, 0.3) is 11.5 Å². The highest BCUT2D eigenvalue weighted by atomic mass is 35.5. The van der Waals surface area contributed by atoms with E-state index in [9.17, 15) is 4.79 Å². The summed E-state index contributed by atoms with van der Waals surface area (Å²) in [6, 6.07) is 10.7. The minimum absolute atomic E-state index is 0.197. The molecule has 0 saturated carbocycles. The Labute approximate surface area is 181 Å². The van der Waals surface area contributed by atoms with Gasteiger partial charge in [-0.3, -0.25) is 14.6 Å². The number of hydrogen-bond donors (Lipinski definition) is 2. The molecule has 9 heteroatoms. The van der Waals surface area contributed by atoms with E-state index in [1.807, 2.05) is 31.2 Å². The average Bonchev–Trinajstić information content (AvgIpc) is 3.02. The number of rotatable bonds is 3. The highest BCUT2D eigenvalue weighted by Gasteiger charge is 2.16. The van der Waals surface area contributed by atoms with Gasteiger partial charge in [0.05, 0.1) is 21.4 Å². The lowest BCUT2D eigenvalue weighted by molar-refractivity contribution is -0.134. The molecule has 154 valence electrons. The molecule has 3 heterocycles. The lowest BCUT2D eigenvalue weighted by Gasteiger charge is -2.07. The van der Waals surface area contributed by atoms with Crippen molar-refractivity contribution in [3.8, 4) is 11.3 Å². The van der Waals surface area contributed by atoms with Crippen LogP contribution in [0.15, 0.2) is 53.6 Å². The van der Waals surface area contributed by atoms with Gasteiger partial charge in [-0.05, 0) is 30.7 Å². The molecule has 0 spiro atoms. The summed E-state index contributed by atoms with van der Waals surface area (Å²) in [6.07, 6.45) is 3.89. The van der Waals surface area contributed by atoms with E-state index < -0.39 is 5.97 Å². The molecule has 2 N–H and O–H groups in total. The molecule has 0 aliphatic carbocycles. The van der Waals surface area contributed by atoms with Crippen LogP contribution in [0, 0.1) is 6.92 Å². The van der Waals surface area contributed by atoms with Gasteiger partial charge in [0.15, 0.2) is 0 Å². The summed E-state index contributed by atoms with van der Waals surface area (Å²) < 4.78 is 1.38. The van der Waals surface area contributed by atoms with E-state index in [4.69, 9.17) is 33.1 Å². The maximum Gasteiger partial charge on any atom is 0.300 e. The Kier molecular flexibility index (Phi) is 6.54. The van der Waals surface area contributed by atoms with Crippen LogP contribution in [0.3, 0.4) is 0 Å². The van der Waals surface area contributed by atoms with Crippen LogP contribution in [0.5, 0.6) is 0 Å². The fourth-order valence-corrected chi connectivity index (χ4v) is 3.36. The lowest BCUT2D eigenvalue weighted by Crippen LogP contribution is -2.14. The normalized spacial score (nSPS) is 10.5. The van der Waals surface area contributed by atoms with Crippen LogP contribution in [-0.4, -0.2) is 30.7 Å². The zero-order valence-corrected chi connectivity index (χ0v) is 17.7. The number of aryl methyl sites for hydroxylation is 1. The number of nitrogens with one attached hydrogen (secondary N) is 1. The maximum absolute atomic E-state index is 12.5. The third-order valence-electron chi connectivity index (χ3n) is 4.30. The first-order valence-corrected chi connectivity index (χ1v) is 9.68. The van der Waals surface area contributed by atoms with Gasteiger partial charge < -0.3 is 10.1 Å². The zero-order valence-electron chi connectivity index (χ0n) is 16.2. The van der Waals surface area contributed by atoms with Crippen LogP contribution in [0.25, 0.3) is 16.9 Å². The molecule has 0 amide bonds. The van der Waals surface area contributed by atoms with Gasteiger partial charge in [0.1, 0.15) is 5.65 Å². The molecule has 3 aromatic heterocycles. The molecule has 0 fully saturated rings.